The van der Waals surface area contributed by atoms with Crippen LogP contribution in [0.15, 0.2) is 12.1 Å². The van der Waals surface area contributed by atoms with E-state index in [4.69, 9.17) is 16.9 Å². The molecule has 0 atom stereocenters. The zero-order chi connectivity index (χ0) is 13.7. The number of hydrogen-bond acceptors (Lipinski definition) is 2. The first-order valence-electron chi connectivity index (χ1n) is 5.51. The van der Waals surface area contributed by atoms with Crippen molar-refractivity contribution < 1.29 is 9.18 Å². The first-order valence-corrected chi connectivity index (χ1v) is 5.89. The molecule has 1 amide bonds. The Balaban J connectivity index is 2.67. The van der Waals surface area contributed by atoms with Gasteiger partial charge in [-0.05, 0) is 36.6 Å². The van der Waals surface area contributed by atoms with Crippen LogP contribution in [0.25, 0.3) is 0 Å². The molecule has 0 heterocycles. The Labute approximate surface area is 111 Å². The molecule has 0 saturated heterocycles. The zero-order valence-electron chi connectivity index (χ0n) is 10.3. The molecule has 0 spiro atoms. The minimum absolute atomic E-state index is 0.146. The fourth-order valence-electron chi connectivity index (χ4n) is 1.49. The van der Waals surface area contributed by atoms with Crippen molar-refractivity contribution in [1.29, 1.82) is 5.26 Å². The van der Waals surface area contributed by atoms with Crippen LogP contribution >= 0.6 is 11.6 Å². The predicted molar refractivity (Wildman–Crippen MR) is 67.7 cm³/mol. The van der Waals surface area contributed by atoms with Crippen molar-refractivity contribution in [2.24, 2.45) is 0 Å². The summed E-state index contributed by atoms with van der Waals surface area (Å²) < 4.78 is 13.4. The second-order valence-electron chi connectivity index (χ2n) is 4.09. The lowest BCUT2D eigenvalue weighted by Crippen LogP contribution is -2.28. The average molecular weight is 269 g/mol. The number of rotatable bonds is 4. The van der Waals surface area contributed by atoms with Crippen LogP contribution in [0.3, 0.4) is 0 Å². The predicted octanol–water partition coefficient (Wildman–Crippen LogP) is 2.70. The second kappa shape index (κ2) is 6.36. The maximum atomic E-state index is 13.4. The molecule has 5 heteroatoms. The summed E-state index contributed by atoms with van der Waals surface area (Å²) >= 11 is 6.00. The lowest BCUT2D eigenvalue weighted by molar-refractivity contribution is -0.128. The minimum Gasteiger partial charge on any atom is -0.345 e. The van der Waals surface area contributed by atoms with Gasteiger partial charge in [-0.15, -0.1) is 0 Å². The van der Waals surface area contributed by atoms with Crippen molar-refractivity contribution in [3.8, 4) is 6.07 Å². The third kappa shape index (κ3) is 3.71. The first-order chi connectivity index (χ1) is 8.45. The van der Waals surface area contributed by atoms with Crippen LogP contribution in [0, 0.1) is 24.1 Å². The molecule has 0 unspecified atom stereocenters. The summed E-state index contributed by atoms with van der Waals surface area (Å²) in [6.45, 7) is 2.05. The molecule has 0 saturated carbocycles. The summed E-state index contributed by atoms with van der Waals surface area (Å²) in [5, 5.41) is 8.91. The second-order valence-corrected chi connectivity index (χ2v) is 4.50. The lowest BCUT2D eigenvalue weighted by Gasteiger charge is -2.16. The molecular weight excluding hydrogens is 255 g/mol. The number of halogens is 2. The van der Waals surface area contributed by atoms with Crippen molar-refractivity contribution >= 4 is 17.5 Å². The van der Waals surface area contributed by atoms with Crippen LogP contribution in [0.5, 0.6) is 0 Å². The SMILES string of the molecule is Cc1cc(Cl)c(CCN(C)C(=O)CC#N)cc1F. The molecule has 1 aromatic carbocycles. The molecule has 18 heavy (non-hydrogen) atoms. The van der Waals surface area contributed by atoms with E-state index in [9.17, 15) is 9.18 Å². The van der Waals surface area contributed by atoms with E-state index in [1.165, 1.54) is 11.0 Å². The van der Waals surface area contributed by atoms with Gasteiger partial charge in [-0.2, -0.15) is 5.26 Å². The highest BCUT2D eigenvalue weighted by molar-refractivity contribution is 6.31. The number of amides is 1. The Morgan fingerprint density at radius 1 is 1.56 bits per heavy atom. The van der Waals surface area contributed by atoms with Crippen molar-refractivity contribution in [2.45, 2.75) is 19.8 Å². The molecular formula is C13H14ClFN2O. The van der Waals surface area contributed by atoms with Gasteiger partial charge in [0.05, 0.1) is 6.07 Å². The van der Waals surface area contributed by atoms with E-state index in [0.717, 1.165) is 0 Å². The molecule has 0 aromatic heterocycles. The average Bonchev–Trinajstić information content (AvgIpc) is 2.32. The summed E-state index contributed by atoms with van der Waals surface area (Å²) in [6.07, 6.45) is 0.316. The summed E-state index contributed by atoms with van der Waals surface area (Å²) in [5.74, 6) is -0.554. The van der Waals surface area contributed by atoms with Crippen LogP contribution in [-0.2, 0) is 11.2 Å². The number of likely N-dealkylation sites (N-methyl/N-ethyl adjacent to an activating group) is 1. The van der Waals surface area contributed by atoms with Gasteiger partial charge in [-0.25, -0.2) is 4.39 Å². The molecule has 0 bridgehead atoms. The quantitative estimate of drug-likeness (QED) is 0.843. The van der Waals surface area contributed by atoms with Gasteiger partial charge in [0.2, 0.25) is 5.91 Å². The lowest BCUT2D eigenvalue weighted by atomic mass is 10.1. The highest BCUT2D eigenvalue weighted by Gasteiger charge is 2.10. The van der Waals surface area contributed by atoms with Crippen molar-refractivity contribution in [3.05, 3.63) is 34.1 Å². The number of aryl methyl sites for hydroxylation is 1. The number of hydrogen-bond donors (Lipinski definition) is 0. The standard InChI is InChI=1S/C13H14ClFN2O/c1-9-7-11(14)10(8-12(9)15)4-6-17(2)13(18)3-5-16/h7-8H,3-4,6H2,1-2H3. The van der Waals surface area contributed by atoms with Crippen molar-refractivity contribution in [2.75, 3.05) is 13.6 Å². The van der Waals surface area contributed by atoms with Crippen LogP contribution in [0.2, 0.25) is 5.02 Å². The van der Waals surface area contributed by atoms with Gasteiger partial charge in [-0.1, -0.05) is 11.6 Å². The molecule has 0 N–H and O–H groups in total. The van der Waals surface area contributed by atoms with Crippen molar-refractivity contribution in [1.82, 2.24) is 4.90 Å². The van der Waals surface area contributed by atoms with Crippen molar-refractivity contribution in [3.63, 3.8) is 0 Å². The Morgan fingerprint density at radius 2 is 2.22 bits per heavy atom. The van der Waals surface area contributed by atoms with E-state index in [1.54, 1.807) is 26.1 Å². The van der Waals surface area contributed by atoms with Gasteiger partial charge in [-0.3, -0.25) is 4.79 Å². The van der Waals surface area contributed by atoms with E-state index in [0.29, 0.717) is 29.1 Å². The number of nitriles is 1. The molecule has 1 aromatic rings. The molecule has 1 rings (SSSR count). The Hall–Kier alpha value is -1.60. The molecule has 3 nitrogen and oxygen atoms in total. The van der Waals surface area contributed by atoms with E-state index >= 15 is 0 Å². The van der Waals surface area contributed by atoms with Gasteiger partial charge < -0.3 is 4.90 Å². The fraction of sp³-hybridized carbons (Fsp3) is 0.385. The van der Waals surface area contributed by atoms with E-state index in [-0.39, 0.29) is 18.1 Å². The first kappa shape index (κ1) is 14.5. The van der Waals surface area contributed by atoms with Gasteiger partial charge in [0.15, 0.2) is 0 Å². The van der Waals surface area contributed by atoms with E-state index < -0.39 is 0 Å². The fourth-order valence-corrected chi connectivity index (χ4v) is 1.81. The summed E-state index contributed by atoms with van der Waals surface area (Å²) in [6, 6.07) is 4.76. The minimum atomic E-state index is -0.305. The molecule has 0 aliphatic carbocycles. The largest absolute Gasteiger partial charge is 0.345 e. The molecule has 96 valence electrons. The maximum absolute atomic E-state index is 13.4. The Bertz CT molecular complexity index is 496. The summed E-state index contributed by atoms with van der Waals surface area (Å²) in [7, 11) is 1.61. The summed E-state index contributed by atoms with van der Waals surface area (Å²) in [4.78, 5) is 12.8. The smallest absolute Gasteiger partial charge is 0.236 e. The van der Waals surface area contributed by atoms with E-state index in [2.05, 4.69) is 0 Å². The number of carbonyl (C=O) groups excluding carboxylic acids is 1. The Morgan fingerprint density at radius 3 is 2.83 bits per heavy atom. The summed E-state index contributed by atoms with van der Waals surface area (Å²) in [5.41, 5.74) is 1.16. The highest BCUT2D eigenvalue weighted by Crippen LogP contribution is 2.21. The Kier molecular flexibility index (Phi) is 5.11. The molecule has 0 radical (unpaired) electrons. The third-order valence-corrected chi connectivity index (χ3v) is 3.05. The molecule has 0 aliphatic rings. The monoisotopic (exact) mass is 268 g/mol. The maximum Gasteiger partial charge on any atom is 0.236 e. The molecule has 0 fully saturated rings. The number of benzene rings is 1. The number of nitrogens with zero attached hydrogens (tertiary/aromatic N) is 2. The van der Waals surface area contributed by atoms with Crippen LogP contribution in [0.1, 0.15) is 17.5 Å². The van der Waals surface area contributed by atoms with E-state index in [1.807, 2.05) is 0 Å². The third-order valence-electron chi connectivity index (χ3n) is 2.70. The molecule has 0 aliphatic heterocycles. The van der Waals surface area contributed by atoms with Crippen LogP contribution in [-0.4, -0.2) is 24.4 Å². The van der Waals surface area contributed by atoms with Gasteiger partial charge in [0, 0.05) is 18.6 Å². The number of carbonyl (C=O) groups is 1. The van der Waals surface area contributed by atoms with Gasteiger partial charge in [0.1, 0.15) is 12.2 Å². The van der Waals surface area contributed by atoms with Crippen LogP contribution < -0.4 is 0 Å². The normalized spacial score (nSPS) is 9.94. The van der Waals surface area contributed by atoms with Gasteiger partial charge in [0.25, 0.3) is 0 Å². The van der Waals surface area contributed by atoms with Crippen LogP contribution in [0.4, 0.5) is 4.39 Å². The highest BCUT2D eigenvalue weighted by atomic mass is 35.5. The van der Waals surface area contributed by atoms with Gasteiger partial charge >= 0.3 is 0 Å². The zero-order valence-corrected chi connectivity index (χ0v) is 11.1. The topological polar surface area (TPSA) is 44.1 Å².